The molecule has 0 radical (unpaired) electrons. The predicted octanol–water partition coefficient (Wildman–Crippen LogP) is 7.30. The molecule has 0 spiro atoms. The van der Waals surface area contributed by atoms with E-state index in [0.717, 1.165) is 0 Å². The molecule has 1 atom stereocenters. The molecule has 0 aliphatic carbocycles. The summed E-state index contributed by atoms with van der Waals surface area (Å²) < 4.78 is 0. The Morgan fingerprint density at radius 2 is 1.38 bits per heavy atom. The quantitative estimate of drug-likeness (QED) is 0.515. The maximum Gasteiger partial charge on any atom is -0.0103 e. The monoisotopic (exact) mass is 290 g/mol. The molecule has 0 N–H and O–H groups in total. The molecule has 0 nitrogen and oxygen atoms in total. The van der Waals surface area contributed by atoms with Crippen molar-refractivity contribution in [1.29, 1.82) is 0 Å². The van der Waals surface area contributed by atoms with Gasteiger partial charge in [0, 0.05) is 0 Å². The molecule has 1 rings (SSSR count). The van der Waals surface area contributed by atoms with E-state index in [-0.39, 0.29) is 0 Å². The molecule has 0 amide bonds. The molecule has 0 saturated heterocycles. The van der Waals surface area contributed by atoms with Crippen LogP contribution < -0.4 is 0 Å². The first-order valence-electron chi connectivity index (χ1n) is 8.75. The Hall–Kier alpha value is -0.780. The summed E-state index contributed by atoms with van der Waals surface area (Å²) in [6.45, 7) is 20.7. The van der Waals surface area contributed by atoms with Crippen LogP contribution in [0.15, 0.2) is 30.3 Å². The van der Waals surface area contributed by atoms with Crippen molar-refractivity contribution >= 4 is 0 Å². The molecule has 1 unspecified atom stereocenters. The van der Waals surface area contributed by atoms with Gasteiger partial charge in [0.2, 0.25) is 0 Å². The normalized spacial score (nSPS) is 13.6. The van der Waals surface area contributed by atoms with E-state index < -0.39 is 0 Å². The highest BCUT2D eigenvalue weighted by Gasteiger charge is 2.36. The summed E-state index contributed by atoms with van der Waals surface area (Å²) in [4.78, 5) is 0. The number of rotatable bonds is 6. The Balaban J connectivity index is 0.00000191. The van der Waals surface area contributed by atoms with Gasteiger partial charge in [0.15, 0.2) is 0 Å². The average Bonchev–Trinajstić information content (AvgIpc) is 2.47. The van der Waals surface area contributed by atoms with Crippen molar-refractivity contribution in [2.24, 2.45) is 16.7 Å². The zero-order valence-electron chi connectivity index (χ0n) is 16.0. The first kappa shape index (κ1) is 20.2. The van der Waals surface area contributed by atoms with Crippen LogP contribution in [0.25, 0.3) is 0 Å². The van der Waals surface area contributed by atoms with Crippen molar-refractivity contribution in [3.05, 3.63) is 35.9 Å². The van der Waals surface area contributed by atoms with Crippen molar-refractivity contribution in [1.82, 2.24) is 0 Å². The second-order valence-electron chi connectivity index (χ2n) is 7.66. The maximum absolute atomic E-state index is 2.43. The van der Waals surface area contributed by atoms with Crippen molar-refractivity contribution < 1.29 is 0 Å². The molecule has 0 heteroatoms. The number of hydrogen-bond acceptors (Lipinski definition) is 0. The summed E-state index contributed by atoms with van der Waals surface area (Å²) in [6, 6.07) is 11.1. The lowest BCUT2D eigenvalue weighted by Gasteiger charge is -2.42. The van der Waals surface area contributed by atoms with Gasteiger partial charge in [-0.2, -0.15) is 0 Å². The van der Waals surface area contributed by atoms with Crippen molar-refractivity contribution in [2.75, 3.05) is 0 Å². The van der Waals surface area contributed by atoms with Gasteiger partial charge in [-0.15, -0.1) is 0 Å². The zero-order valence-corrected chi connectivity index (χ0v) is 16.0. The third kappa shape index (κ3) is 5.85. The fourth-order valence-corrected chi connectivity index (χ4v) is 2.60. The second-order valence-corrected chi connectivity index (χ2v) is 7.66. The minimum atomic E-state index is 0.327. The van der Waals surface area contributed by atoms with Crippen LogP contribution in [0.4, 0.5) is 0 Å². The van der Waals surface area contributed by atoms with E-state index in [1.54, 1.807) is 0 Å². The summed E-state index contributed by atoms with van der Waals surface area (Å²) in [5.74, 6) is 1.31. The van der Waals surface area contributed by atoms with Gasteiger partial charge in [-0.05, 0) is 34.7 Å². The van der Waals surface area contributed by atoms with Crippen LogP contribution in [0, 0.1) is 16.7 Å². The van der Waals surface area contributed by atoms with Gasteiger partial charge >= 0.3 is 0 Å². The Bertz CT molecular complexity index is 370. The summed E-state index contributed by atoms with van der Waals surface area (Å²) >= 11 is 0. The fraction of sp³-hybridized carbons (Fsp3) is 0.714. The zero-order chi connectivity index (χ0) is 16.7. The van der Waals surface area contributed by atoms with Crippen molar-refractivity contribution in [3.63, 3.8) is 0 Å². The van der Waals surface area contributed by atoms with E-state index in [1.165, 1.54) is 18.4 Å². The largest absolute Gasteiger partial charge is 0.0683 e. The van der Waals surface area contributed by atoms with Crippen LogP contribution in [-0.2, 0) is 0 Å². The van der Waals surface area contributed by atoms with E-state index in [9.17, 15) is 0 Å². The predicted molar refractivity (Wildman–Crippen MR) is 97.8 cm³/mol. The third-order valence-corrected chi connectivity index (χ3v) is 5.30. The first-order valence-corrected chi connectivity index (χ1v) is 8.75. The summed E-state index contributed by atoms with van der Waals surface area (Å²) in [5, 5.41) is 0. The molecular weight excluding hydrogens is 252 g/mol. The molecule has 21 heavy (non-hydrogen) atoms. The molecule has 0 aliphatic heterocycles. The van der Waals surface area contributed by atoms with Crippen LogP contribution >= 0.6 is 0 Å². The highest BCUT2D eigenvalue weighted by atomic mass is 14.4. The standard InChI is InChI=1S/C19H32.C2H6/c1-8-18(4,5)14-17(19(6,7)15(2)3)16-12-10-9-11-13-16;1-2/h9-13,15,17H,8,14H2,1-7H3;1-2H3. The molecule has 0 saturated carbocycles. The molecule has 122 valence electrons. The second kappa shape index (κ2) is 8.61. The van der Waals surface area contributed by atoms with Gasteiger partial charge in [-0.3, -0.25) is 0 Å². The maximum atomic E-state index is 2.43. The molecule has 1 aromatic rings. The average molecular weight is 291 g/mol. The number of benzene rings is 1. The third-order valence-electron chi connectivity index (χ3n) is 5.30. The molecule has 0 aliphatic rings. The van der Waals surface area contributed by atoms with Crippen LogP contribution in [0.5, 0.6) is 0 Å². The lowest BCUT2D eigenvalue weighted by atomic mass is 9.63. The highest BCUT2D eigenvalue weighted by Crippen LogP contribution is 2.48. The van der Waals surface area contributed by atoms with E-state index in [1.807, 2.05) is 13.8 Å². The molecule has 0 bridgehead atoms. The minimum absolute atomic E-state index is 0.327. The summed E-state index contributed by atoms with van der Waals surface area (Å²) in [5.41, 5.74) is 2.24. The van der Waals surface area contributed by atoms with E-state index >= 15 is 0 Å². The fourth-order valence-electron chi connectivity index (χ4n) is 2.60. The topological polar surface area (TPSA) is 0 Å². The van der Waals surface area contributed by atoms with Crippen LogP contribution in [0.1, 0.15) is 86.6 Å². The van der Waals surface area contributed by atoms with Crippen LogP contribution in [0.3, 0.4) is 0 Å². The van der Waals surface area contributed by atoms with Crippen molar-refractivity contribution in [3.8, 4) is 0 Å². The van der Waals surface area contributed by atoms with E-state index in [2.05, 4.69) is 78.8 Å². The van der Waals surface area contributed by atoms with E-state index in [0.29, 0.717) is 22.7 Å². The number of hydrogen-bond donors (Lipinski definition) is 0. The van der Waals surface area contributed by atoms with Gasteiger partial charge in [-0.1, -0.05) is 99.1 Å². The van der Waals surface area contributed by atoms with Gasteiger partial charge in [0.1, 0.15) is 0 Å². The Morgan fingerprint density at radius 1 is 0.905 bits per heavy atom. The summed E-state index contributed by atoms with van der Waals surface area (Å²) in [7, 11) is 0. The van der Waals surface area contributed by atoms with E-state index in [4.69, 9.17) is 0 Å². The minimum Gasteiger partial charge on any atom is -0.0683 e. The van der Waals surface area contributed by atoms with Crippen LogP contribution in [0.2, 0.25) is 0 Å². The molecular formula is C21H38. The van der Waals surface area contributed by atoms with Crippen molar-refractivity contribution in [2.45, 2.75) is 81.1 Å². The van der Waals surface area contributed by atoms with Gasteiger partial charge in [-0.25, -0.2) is 0 Å². The smallest absolute Gasteiger partial charge is 0.0103 e. The van der Waals surface area contributed by atoms with Crippen LogP contribution in [-0.4, -0.2) is 0 Å². The highest BCUT2D eigenvalue weighted by molar-refractivity contribution is 5.22. The first-order chi connectivity index (χ1) is 9.70. The summed E-state index contributed by atoms with van der Waals surface area (Å²) in [6.07, 6.45) is 2.50. The van der Waals surface area contributed by atoms with Gasteiger partial charge in [0.25, 0.3) is 0 Å². The Kier molecular flexibility index (Phi) is 8.29. The Morgan fingerprint density at radius 3 is 1.76 bits per heavy atom. The molecule has 1 aromatic carbocycles. The SMILES string of the molecule is CC.CCC(C)(C)CC(c1ccccc1)C(C)(C)C(C)C. The molecule has 0 heterocycles. The molecule has 0 fully saturated rings. The Labute approximate surface area is 134 Å². The van der Waals surface area contributed by atoms with Gasteiger partial charge < -0.3 is 0 Å². The lowest BCUT2D eigenvalue weighted by molar-refractivity contribution is 0.141. The lowest BCUT2D eigenvalue weighted by Crippen LogP contribution is -2.31. The molecule has 0 aromatic heterocycles. The van der Waals surface area contributed by atoms with Gasteiger partial charge in [0.05, 0.1) is 0 Å².